The molecule has 0 unspecified atom stereocenters. The van der Waals surface area contributed by atoms with E-state index in [-0.39, 0.29) is 5.91 Å². The van der Waals surface area contributed by atoms with Crippen molar-refractivity contribution in [1.82, 2.24) is 15.3 Å². The normalized spacial score (nSPS) is 10.1. The quantitative estimate of drug-likeness (QED) is 0.887. The molecule has 18 heavy (non-hydrogen) atoms. The first-order chi connectivity index (χ1) is 8.75. The number of hydrogen-bond acceptors (Lipinski definition) is 3. The molecule has 0 aliphatic carbocycles. The van der Waals surface area contributed by atoms with Crippen molar-refractivity contribution >= 4 is 5.91 Å². The Bertz CT molecular complexity index is 526. The van der Waals surface area contributed by atoms with Crippen LogP contribution < -0.4 is 5.32 Å². The Labute approximate surface area is 106 Å². The molecule has 0 aliphatic heterocycles. The number of carbonyl (C=O) groups is 1. The SMILES string of the molecule is Cc1cccc(C(=O)NCCc2cncnc2)c1. The second-order valence-corrected chi connectivity index (χ2v) is 4.12. The van der Waals surface area contributed by atoms with Gasteiger partial charge in [-0.05, 0) is 31.0 Å². The summed E-state index contributed by atoms with van der Waals surface area (Å²) in [5, 5.41) is 2.88. The third kappa shape index (κ3) is 3.38. The van der Waals surface area contributed by atoms with E-state index < -0.39 is 0 Å². The lowest BCUT2D eigenvalue weighted by Gasteiger charge is -2.05. The lowest BCUT2D eigenvalue weighted by atomic mass is 10.1. The van der Waals surface area contributed by atoms with Crippen molar-refractivity contribution in [2.24, 2.45) is 0 Å². The highest BCUT2D eigenvalue weighted by Crippen LogP contribution is 2.03. The second kappa shape index (κ2) is 5.91. The molecule has 0 bridgehead atoms. The third-order valence-electron chi connectivity index (χ3n) is 2.59. The second-order valence-electron chi connectivity index (χ2n) is 4.12. The summed E-state index contributed by atoms with van der Waals surface area (Å²) >= 11 is 0. The van der Waals surface area contributed by atoms with Gasteiger partial charge < -0.3 is 5.32 Å². The molecule has 1 aromatic carbocycles. The van der Waals surface area contributed by atoms with Crippen molar-refractivity contribution in [2.45, 2.75) is 13.3 Å². The Balaban J connectivity index is 1.86. The highest BCUT2D eigenvalue weighted by atomic mass is 16.1. The molecule has 1 N–H and O–H groups in total. The van der Waals surface area contributed by atoms with Crippen molar-refractivity contribution in [3.8, 4) is 0 Å². The standard InChI is InChI=1S/C14H15N3O/c1-11-3-2-4-13(7-11)14(18)17-6-5-12-8-15-10-16-9-12/h2-4,7-10H,5-6H2,1H3,(H,17,18). The van der Waals surface area contributed by atoms with E-state index >= 15 is 0 Å². The molecule has 92 valence electrons. The highest BCUT2D eigenvalue weighted by molar-refractivity contribution is 5.94. The Morgan fingerprint density at radius 2 is 2.06 bits per heavy atom. The molecule has 0 spiro atoms. The predicted octanol–water partition coefficient (Wildman–Crippen LogP) is 1.76. The van der Waals surface area contributed by atoms with Crippen LogP contribution in [0.3, 0.4) is 0 Å². The van der Waals surface area contributed by atoms with Gasteiger partial charge in [-0.25, -0.2) is 9.97 Å². The summed E-state index contributed by atoms with van der Waals surface area (Å²) in [6.45, 7) is 2.55. The third-order valence-corrected chi connectivity index (χ3v) is 2.59. The largest absolute Gasteiger partial charge is 0.352 e. The number of amides is 1. The van der Waals surface area contributed by atoms with Crippen molar-refractivity contribution in [3.63, 3.8) is 0 Å². The van der Waals surface area contributed by atoms with E-state index in [9.17, 15) is 4.79 Å². The lowest BCUT2D eigenvalue weighted by Crippen LogP contribution is -2.25. The number of rotatable bonds is 4. The van der Waals surface area contributed by atoms with Crippen molar-refractivity contribution in [1.29, 1.82) is 0 Å². The van der Waals surface area contributed by atoms with E-state index in [1.54, 1.807) is 12.4 Å². The monoisotopic (exact) mass is 241 g/mol. The van der Waals surface area contributed by atoms with E-state index in [4.69, 9.17) is 0 Å². The maximum atomic E-state index is 11.8. The van der Waals surface area contributed by atoms with Crippen LogP contribution in [-0.2, 0) is 6.42 Å². The average Bonchev–Trinajstić information content (AvgIpc) is 2.40. The molecule has 2 rings (SSSR count). The number of hydrogen-bond donors (Lipinski definition) is 1. The molecule has 4 heteroatoms. The molecule has 0 radical (unpaired) electrons. The van der Waals surface area contributed by atoms with Crippen LogP contribution in [0.25, 0.3) is 0 Å². The molecule has 0 aliphatic rings. The van der Waals surface area contributed by atoms with E-state index in [2.05, 4.69) is 15.3 Å². The first-order valence-electron chi connectivity index (χ1n) is 5.84. The summed E-state index contributed by atoms with van der Waals surface area (Å²) in [7, 11) is 0. The average molecular weight is 241 g/mol. The van der Waals surface area contributed by atoms with Crippen LogP contribution in [0, 0.1) is 6.92 Å². The fourth-order valence-corrected chi connectivity index (χ4v) is 1.67. The number of carbonyl (C=O) groups excluding carboxylic acids is 1. The van der Waals surface area contributed by atoms with Crippen LogP contribution >= 0.6 is 0 Å². The molecule has 1 heterocycles. The molecule has 1 amide bonds. The van der Waals surface area contributed by atoms with Gasteiger partial charge >= 0.3 is 0 Å². The smallest absolute Gasteiger partial charge is 0.251 e. The zero-order chi connectivity index (χ0) is 12.8. The van der Waals surface area contributed by atoms with Crippen LogP contribution in [-0.4, -0.2) is 22.4 Å². The van der Waals surface area contributed by atoms with Crippen LogP contribution in [0.5, 0.6) is 0 Å². The number of aromatic nitrogens is 2. The fourth-order valence-electron chi connectivity index (χ4n) is 1.67. The van der Waals surface area contributed by atoms with Gasteiger partial charge in [-0.3, -0.25) is 4.79 Å². The van der Waals surface area contributed by atoms with Crippen LogP contribution in [0.2, 0.25) is 0 Å². The van der Waals surface area contributed by atoms with E-state index in [0.717, 1.165) is 17.5 Å². The van der Waals surface area contributed by atoms with Crippen molar-refractivity contribution in [2.75, 3.05) is 6.54 Å². The first kappa shape index (κ1) is 12.2. The van der Waals surface area contributed by atoms with Gasteiger partial charge in [-0.2, -0.15) is 0 Å². The lowest BCUT2D eigenvalue weighted by molar-refractivity contribution is 0.0954. The maximum absolute atomic E-state index is 11.8. The molecule has 4 nitrogen and oxygen atoms in total. The summed E-state index contributed by atoms with van der Waals surface area (Å²) in [5.41, 5.74) is 2.79. The highest BCUT2D eigenvalue weighted by Gasteiger charge is 2.04. The number of aryl methyl sites for hydroxylation is 1. The molecule has 2 aromatic rings. The Morgan fingerprint density at radius 1 is 1.28 bits per heavy atom. The van der Waals surface area contributed by atoms with Gasteiger partial charge in [0, 0.05) is 24.5 Å². The van der Waals surface area contributed by atoms with Gasteiger partial charge in [-0.1, -0.05) is 17.7 Å². The molecule has 0 atom stereocenters. The Morgan fingerprint density at radius 3 is 2.78 bits per heavy atom. The van der Waals surface area contributed by atoms with E-state index in [1.807, 2.05) is 31.2 Å². The zero-order valence-electron chi connectivity index (χ0n) is 10.3. The van der Waals surface area contributed by atoms with Gasteiger partial charge in [-0.15, -0.1) is 0 Å². The number of nitrogens with zero attached hydrogens (tertiary/aromatic N) is 2. The summed E-state index contributed by atoms with van der Waals surface area (Å²) in [5.74, 6) is -0.0458. The van der Waals surface area contributed by atoms with Gasteiger partial charge in [0.15, 0.2) is 0 Å². The molecule has 1 aromatic heterocycles. The predicted molar refractivity (Wildman–Crippen MR) is 69.2 cm³/mol. The fraction of sp³-hybridized carbons (Fsp3) is 0.214. The topological polar surface area (TPSA) is 54.9 Å². The molecular formula is C14H15N3O. The van der Waals surface area contributed by atoms with Gasteiger partial charge in [0.2, 0.25) is 0 Å². The number of benzene rings is 1. The summed E-state index contributed by atoms with van der Waals surface area (Å²) in [6.07, 6.45) is 5.74. The van der Waals surface area contributed by atoms with E-state index in [0.29, 0.717) is 12.1 Å². The summed E-state index contributed by atoms with van der Waals surface area (Å²) < 4.78 is 0. The van der Waals surface area contributed by atoms with Gasteiger partial charge in [0.05, 0.1) is 0 Å². The van der Waals surface area contributed by atoms with Crippen LogP contribution in [0.4, 0.5) is 0 Å². The van der Waals surface area contributed by atoms with E-state index in [1.165, 1.54) is 6.33 Å². The van der Waals surface area contributed by atoms with Crippen LogP contribution in [0.1, 0.15) is 21.5 Å². The minimum Gasteiger partial charge on any atom is -0.352 e. The number of nitrogens with one attached hydrogen (secondary N) is 1. The molecular weight excluding hydrogens is 226 g/mol. The first-order valence-corrected chi connectivity index (χ1v) is 5.84. The van der Waals surface area contributed by atoms with Crippen molar-refractivity contribution < 1.29 is 4.79 Å². The summed E-state index contributed by atoms with van der Waals surface area (Å²) in [6, 6.07) is 7.54. The summed E-state index contributed by atoms with van der Waals surface area (Å²) in [4.78, 5) is 19.7. The maximum Gasteiger partial charge on any atom is 0.251 e. The zero-order valence-corrected chi connectivity index (χ0v) is 10.3. The molecule has 0 saturated heterocycles. The molecule has 0 fully saturated rings. The minimum atomic E-state index is -0.0458. The Kier molecular flexibility index (Phi) is 4.02. The van der Waals surface area contributed by atoms with Crippen molar-refractivity contribution in [3.05, 3.63) is 59.7 Å². The Hall–Kier alpha value is -2.23. The van der Waals surface area contributed by atoms with Crippen LogP contribution in [0.15, 0.2) is 43.0 Å². The van der Waals surface area contributed by atoms with Gasteiger partial charge in [0.1, 0.15) is 6.33 Å². The minimum absolute atomic E-state index is 0.0458. The van der Waals surface area contributed by atoms with Gasteiger partial charge in [0.25, 0.3) is 5.91 Å². The molecule has 0 saturated carbocycles.